The summed E-state index contributed by atoms with van der Waals surface area (Å²) < 4.78 is 78.7. The first-order valence-electron chi connectivity index (χ1n) is 11.5. The molecule has 1 aliphatic rings. The fraction of sp³-hybridized carbons (Fsp3) is 0.320. The molecule has 1 amide bonds. The maximum absolute atomic E-state index is 14.1. The Kier molecular flexibility index (Phi) is 8.07. The summed E-state index contributed by atoms with van der Waals surface area (Å²) in [5.74, 6) is -15.0. The number of likely N-dealkylation sites (N-methyl/N-ethyl adjacent to an activating group) is 1. The second-order valence-corrected chi connectivity index (χ2v) is 8.90. The van der Waals surface area contributed by atoms with Crippen LogP contribution in [0.15, 0.2) is 41.0 Å². The van der Waals surface area contributed by atoms with Gasteiger partial charge in [-0.2, -0.15) is 8.78 Å². The lowest BCUT2D eigenvalue weighted by Crippen LogP contribution is -2.59. The van der Waals surface area contributed by atoms with Crippen LogP contribution in [-0.4, -0.2) is 65.9 Å². The van der Waals surface area contributed by atoms with Gasteiger partial charge in [-0.05, 0) is 19.7 Å². The SMILES string of the molecule is CN(C)C1CN(C(=O)c2coc(CC(NCc3ccccc3)C(=O)Oc3c(F)c(F)c(F)c(F)c3F)n2)C1. The van der Waals surface area contributed by atoms with Crippen molar-refractivity contribution in [2.75, 3.05) is 27.2 Å². The lowest BCUT2D eigenvalue weighted by atomic mass is 10.1. The van der Waals surface area contributed by atoms with E-state index in [4.69, 9.17) is 4.42 Å². The van der Waals surface area contributed by atoms with Crippen LogP contribution < -0.4 is 10.1 Å². The molecule has 202 valence electrons. The molecular formula is C25H23F5N4O4. The number of rotatable bonds is 9. The van der Waals surface area contributed by atoms with Gasteiger partial charge in [0.05, 0.1) is 6.42 Å². The van der Waals surface area contributed by atoms with E-state index in [1.165, 1.54) is 0 Å². The molecule has 4 rings (SSSR count). The van der Waals surface area contributed by atoms with Crippen molar-refractivity contribution in [3.8, 4) is 5.75 Å². The molecule has 1 aliphatic heterocycles. The Bertz CT molecular complexity index is 1300. The highest BCUT2D eigenvalue weighted by Crippen LogP contribution is 2.29. The minimum Gasteiger partial charge on any atom is -0.448 e. The zero-order valence-corrected chi connectivity index (χ0v) is 20.3. The quantitative estimate of drug-likeness (QED) is 0.147. The Morgan fingerprint density at radius 1 is 1.05 bits per heavy atom. The largest absolute Gasteiger partial charge is 0.448 e. The minimum absolute atomic E-state index is 0.00727. The summed E-state index contributed by atoms with van der Waals surface area (Å²) in [4.78, 5) is 33.1. The molecule has 1 fully saturated rings. The Balaban J connectivity index is 1.52. The second kappa shape index (κ2) is 11.3. The van der Waals surface area contributed by atoms with Gasteiger partial charge in [0.15, 0.2) is 11.6 Å². The van der Waals surface area contributed by atoms with Crippen LogP contribution in [0.25, 0.3) is 0 Å². The number of oxazole rings is 1. The number of nitrogens with zero attached hydrogens (tertiary/aromatic N) is 3. The van der Waals surface area contributed by atoms with E-state index in [1.54, 1.807) is 35.2 Å². The zero-order chi connectivity index (χ0) is 27.6. The summed E-state index contributed by atoms with van der Waals surface area (Å²) in [6.45, 7) is 1.08. The van der Waals surface area contributed by atoms with Crippen LogP contribution in [0.4, 0.5) is 22.0 Å². The molecule has 1 unspecified atom stereocenters. The number of carbonyl (C=O) groups is 2. The lowest BCUT2D eigenvalue weighted by molar-refractivity contribution is -0.137. The number of hydrogen-bond acceptors (Lipinski definition) is 7. The van der Waals surface area contributed by atoms with E-state index in [0.29, 0.717) is 13.1 Å². The molecule has 8 nitrogen and oxygen atoms in total. The standard InChI is InChI=1S/C25H23F5N4O4/c1-33(2)14-10-34(11-14)24(35)16-12-37-17(32-16)8-15(31-9-13-6-4-3-5-7-13)25(36)38-23-21(29)19(27)18(26)20(28)22(23)30/h3-7,12,14-15,31H,8-11H2,1-2H3. The summed E-state index contributed by atoms with van der Waals surface area (Å²) in [5.41, 5.74) is 0.713. The molecule has 1 saturated heterocycles. The van der Waals surface area contributed by atoms with Crippen molar-refractivity contribution < 1.29 is 40.7 Å². The van der Waals surface area contributed by atoms with Crippen LogP contribution in [0, 0.1) is 29.1 Å². The first-order valence-corrected chi connectivity index (χ1v) is 11.5. The molecule has 3 aromatic rings. The van der Waals surface area contributed by atoms with Crippen LogP contribution >= 0.6 is 0 Å². The highest BCUT2D eigenvalue weighted by Gasteiger charge is 2.35. The van der Waals surface area contributed by atoms with Crippen molar-refractivity contribution in [3.63, 3.8) is 0 Å². The number of carbonyl (C=O) groups excluding carboxylic acids is 2. The van der Waals surface area contributed by atoms with Crippen molar-refractivity contribution in [2.45, 2.75) is 25.0 Å². The van der Waals surface area contributed by atoms with E-state index < -0.39 is 46.8 Å². The molecule has 13 heteroatoms. The number of nitrogens with one attached hydrogen (secondary N) is 1. The third kappa shape index (κ3) is 5.68. The van der Waals surface area contributed by atoms with E-state index >= 15 is 0 Å². The summed E-state index contributed by atoms with van der Waals surface area (Å²) in [6, 6.07) is 7.53. The predicted octanol–water partition coefficient (Wildman–Crippen LogP) is 3.06. The van der Waals surface area contributed by atoms with Gasteiger partial charge in [-0.1, -0.05) is 30.3 Å². The van der Waals surface area contributed by atoms with Gasteiger partial charge >= 0.3 is 5.97 Å². The number of likely N-dealkylation sites (tertiary alicyclic amines) is 1. The van der Waals surface area contributed by atoms with Crippen LogP contribution in [0.5, 0.6) is 5.75 Å². The first-order chi connectivity index (χ1) is 18.1. The van der Waals surface area contributed by atoms with E-state index in [-0.39, 0.29) is 36.5 Å². The number of benzene rings is 2. The van der Waals surface area contributed by atoms with E-state index in [2.05, 4.69) is 15.0 Å². The van der Waals surface area contributed by atoms with Crippen molar-refractivity contribution in [2.24, 2.45) is 0 Å². The molecular weight excluding hydrogens is 515 g/mol. The van der Waals surface area contributed by atoms with Crippen molar-refractivity contribution >= 4 is 11.9 Å². The molecule has 0 spiro atoms. The molecule has 38 heavy (non-hydrogen) atoms. The van der Waals surface area contributed by atoms with Crippen LogP contribution in [0.1, 0.15) is 21.9 Å². The van der Waals surface area contributed by atoms with Crippen molar-refractivity contribution in [1.29, 1.82) is 0 Å². The predicted molar refractivity (Wildman–Crippen MR) is 123 cm³/mol. The van der Waals surface area contributed by atoms with Gasteiger partial charge in [0.1, 0.15) is 12.3 Å². The van der Waals surface area contributed by atoms with E-state index in [0.717, 1.165) is 11.8 Å². The Morgan fingerprint density at radius 2 is 1.66 bits per heavy atom. The second-order valence-electron chi connectivity index (χ2n) is 8.90. The zero-order valence-electron chi connectivity index (χ0n) is 20.3. The fourth-order valence-corrected chi connectivity index (χ4v) is 3.71. The third-order valence-corrected chi connectivity index (χ3v) is 6.08. The van der Waals surface area contributed by atoms with Crippen LogP contribution in [0.2, 0.25) is 0 Å². The van der Waals surface area contributed by atoms with E-state index in [1.807, 2.05) is 19.0 Å². The van der Waals surface area contributed by atoms with Gasteiger partial charge in [0.2, 0.25) is 34.8 Å². The molecule has 2 aromatic carbocycles. The normalized spacial score (nSPS) is 14.5. The first kappa shape index (κ1) is 27.2. The average molecular weight is 538 g/mol. The molecule has 0 radical (unpaired) electrons. The third-order valence-electron chi connectivity index (χ3n) is 6.08. The summed E-state index contributed by atoms with van der Waals surface area (Å²) in [5, 5.41) is 2.80. The number of esters is 1. The molecule has 2 heterocycles. The number of aromatic nitrogens is 1. The van der Waals surface area contributed by atoms with Gasteiger partial charge < -0.3 is 19.0 Å². The lowest BCUT2D eigenvalue weighted by Gasteiger charge is -2.42. The fourth-order valence-electron chi connectivity index (χ4n) is 3.71. The van der Waals surface area contributed by atoms with Crippen LogP contribution in [0.3, 0.4) is 0 Å². The maximum atomic E-state index is 14.1. The molecule has 0 bridgehead atoms. The van der Waals surface area contributed by atoms with Gasteiger partial charge in [0, 0.05) is 25.7 Å². The summed E-state index contributed by atoms with van der Waals surface area (Å²) in [7, 11) is 3.80. The van der Waals surface area contributed by atoms with Crippen molar-refractivity contribution in [1.82, 2.24) is 20.1 Å². The van der Waals surface area contributed by atoms with Gasteiger partial charge in [-0.15, -0.1) is 0 Å². The van der Waals surface area contributed by atoms with Gasteiger partial charge in [-0.25, -0.2) is 22.9 Å². The summed E-state index contributed by atoms with van der Waals surface area (Å²) in [6.07, 6.45) is 0.763. The highest BCUT2D eigenvalue weighted by molar-refractivity contribution is 5.92. The topological polar surface area (TPSA) is 87.9 Å². The smallest absolute Gasteiger partial charge is 0.329 e. The highest BCUT2D eigenvalue weighted by atomic mass is 19.2. The Hall–Kier alpha value is -3.84. The molecule has 1 aromatic heterocycles. The molecule has 1 atom stereocenters. The summed E-state index contributed by atoms with van der Waals surface area (Å²) >= 11 is 0. The Labute approximate surface area is 214 Å². The van der Waals surface area contributed by atoms with Gasteiger partial charge in [-0.3, -0.25) is 10.1 Å². The van der Waals surface area contributed by atoms with E-state index in [9.17, 15) is 31.5 Å². The number of halogens is 5. The monoisotopic (exact) mass is 538 g/mol. The number of ether oxygens (including phenoxy) is 1. The molecule has 0 aliphatic carbocycles. The maximum Gasteiger partial charge on any atom is 0.329 e. The van der Waals surface area contributed by atoms with Gasteiger partial charge in [0.25, 0.3) is 5.91 Å². The molecule has 0 saturated carbocycles. The van der Waals surface area contributed by atoms with Crippen LogP contribution in [-0.2, 0) is 17.8 Å². The average Bonchev–Trinajstić information content (AvgIpc) is 3.34. The number of hydrogen-bond donors (Lipinski definition) is 1. The Morgan fingerprint density at radius 3 is 2.26 bits per heavy atom. The molecule has 1 N–H and O–H groups in total. The minimum atomic E-state index is -2.38. The van der Waals surface area contributed by atoms with Crippen molar-refractivity contribution in [3.05, 3.63) is 82.8 Å². The number of amides is 1.